The molecule has 1 aromatic rings. The molecule has 4 heteroatoms. The molecular weight excluding hydrogens is 168 g/mol. The van der Waals surface area contributed by atoms with Gasteiger partial charge in [-0.1, -0.05) is 12.2 Å². The third-order valence-electron chi connectivity index (χ3n) is 1.40. The monoisotopic (exact) mass is 178 g/mol. The van der Waals surface area contributed by atoms with Crippen LogP contribution in [0.1, 0.15) is 12.0 Å². The van der Waals surface area contributed by atoms with Crippen molar-refractivity contribution in [1.29, 1.82) is 0 Å². The molecule has 0 bridgehead atoms. The summed E-state index contributed by atoms with van der Waals surface area (Å²) in [4.78, 5) is 18.3. The molecule has 0 aliphatic heterocycles. The van der Waals surface area contributed by atoms with Crippen LogP contribution in [0.4, 0.5) is 0 Å². The van der Waals surface area contributed by atoms with Gasteiger partial charge in [0, 0.05) is 18.0 Å². The molecule has 0 amide bonds. The topological polar surface area (TPSA) is 52.1 Å². The summed E-state index contributed by atoms with van der Waals surface area (Å²) in [6.45, 7) is 0. The van der Waals surface area contributed by atoms with Crippen molar-refractivity contribution >= 4 is 12.0 Å². The lowest BCUT2D eigenvalue weighted by Crippen LogP contribution is -1.96. The van der Waals surface area contributed by atoms with Crippen molar-refractivity contribution < 1.29 is 9.53 Å². The molecule has 0 aliphatic rings. The standard InChI is InChI=1S/C9H10N2O2/c1-13-9(12)4-2-3-8-5-10-7-11-6-8/h2-3,5-7H,4H2,1H3. The van der Waals surface area contributed by atoms with Crippen LogP contribution in [0, 0.1) is 0 Å². The molecule has 13 heavy (non-hydrogen) atoms. The molecular formula is C9H10N2O2. The van der Waals surface area contributed by atoms with Gasteiger partial charge in [-0.05, 0) is 0 Å². The number of methoxy groups -OCH3 is 1. The molecule has 0 aromatic carbocycles. The summed E-state index contributed by atoms with van der Waals surface area (Å²) in [7, 11) is 1.36. The zero-order valence-electron chi connectivity index (χ0n) is 7.30. The summed E-state index contributed by atoms with van der Waals surface area (Å²) >= 11 is 0. The Morgan fingerprint density at radius 3 is 2.85 bits per heavy atom. The summed E-state index contributed by atoms with van der Waals surface area (Å²) < 4.78 is 4.47. The Kier molecular flexibility index (Phi) is 3.63. The minimum absolute atomic E-state index is 0.256. The third kappa shape index (κ3) is 3.46. The van der Waals surface area contributed by atoms with Crippen molar-refractivity contribution in [2.24, 2.45) is 0 Å². The Balaban J connectivity index is 2.45. The molecule has 0 saturated heterocycles. The van der Waals surface area contributed by atoms with Gasteiger partial charge in [-0.15, -0.1) is 0 Å². The number of nitrogens with zero attached hydrogens (tertiary/aromatic N) is 2. The second-order valence-corrected chi connectivity index (χ2v) is 2.35. The number of carbonyl (C=O) groups excluding carboxylic acids is 1. The van der Waals surface area contributed by atoms with E-state index in [1.54, 1.807) is 24.5 Å². The molecule has 1 aromatic heterocycles. The second-order valence-electron chi connectivity index (χ2n) is 2.35. The first-order valence-electron chi connectivity index (χ1n) is 3.81. The van der Waals surface area contributed by atoms with E-state index >= 15 is 0 Å². The van der Waals surface area contributed by atoms with Crippen molar-refractivity contribution in [3.05, 3.63) is 30.4 Å². The van der Waals surface area contributed by atoms with E-state index in [-0.39, 0.29) is 12.4 Å². The average molecular weight is 178 g/mol. The summed E-state index contributed by atoms with van der Waals surface area (Å²) in [5.74, 6) is -0.256. The van der Waals surface area contributed by atoms with E-state index in [0.29, 0.717) is 0 Å². The number of hydrogen-bond acceptors (Lipinski definition) is 4. The number of ether oxygens (including phenoxy) is 1. The fourth-order valence-corrected chi connectivity index (χ4v) is 0.771. The molecule has 68 valence electrons. The van der Waals surface area contributed by atoms with Crippen molar-refractivity contribution in [3.8, 4) is 0 Å². The molecule has 1 heterocycles. The maximum atomic E-state index is 10.7. The Bertz CT molecular complexity index is 296. The fourth-order valence-electron chi connectivity index (χ4n) is 0.771. The highest BCUT2D eigenvalue weighted by Crippen LogP contribution is 1.98. The van der Waals surface area contributed by atoms with Gasteiger partial charge in [0.15, 0.2) is 0 Å². The van der Waals surface area contributed by atoms with Crippen molar-refractivity contribution in [3.63, 3.8) is 0 Å². The Hall–Kier alpha value is -1.71. The maximum Gasteiger partial charge on any atom is 0.309 e. The predicted octanol–water partition coefficient (Wildman–Crippen LogP) is 1.05. The van der Waals surface area contributed by atoms with Crippen LogP contribution in [-0.4, -0.2) is 23.0 Å². The van der Waals surface area contributed by atoms with E-state index in [0.717, 1.165) is 5.56 Å². The number of carbonyl (C=O) groups is 1. The molecule has 0 fully saturated rings. The number of aromatic nitrogens is 2. The maximum absolute atomic E-state index is 10.7. The van der Waals surface area contributed by atoms with Crippen LogP contribution >= 0.6 is 0 Å². The molecule has 0 saturated carbocycles. The SMILES string of the molecule is COC(=O)CC=Cc1cncnc1. The van der Waals surface area contributed by atoms with E-state index in [1.165, 1.54) is 13.4 Å². The third-order valence-corrected chi connectivity index (χ3v) is 1.40. The van der Waals surface area contributed by atoms with Crippen LogP contribution < -0.4 is 0 Å². The van der Waals surface area contributed by atoms with Crippen LogP contribution in [-0.2, 0) is 9.53 Å². The Morgan fingerprint density at radius 2 is 2.23 bits per heavy atom. The molecule has 0 N–H and O–H groups in total. The fraction of sp³-hybridized carbons (Fsp3) is 0.222. The van der Waals surface area contributed by atoms with Crippen LogP contribution in [0.3, 0.4) is 0 Å². The molecule has 0 radical (unpaired) electrons. The molecule has 0 atom stereocenters. The lowest BCUT2D eigenvalue weighted by Gasteiger charge is -1.92. The van der Waals surface area contributed by atoms with E-state index in [1.807, 2.05) is 0 Å². The highest BCUT2D eigenvalue weighted by atomic mass is 16.5. The van der Waals surface area contributed by atoms with Gasteiger partial charge >= 0.3 is 5.97 Å². The van der Waals surface area contributed by atoms with Gasteiger partial charge < -0.3 is 4.74 Å². The van der Waals surface area contributed by atoms with Gasteiger partial charge in [0.2, 0.25) is 0 Å². The molecule has 0 spiro atoms. The second kappa shape index (κ2) is 5.03. The lowest BCUT2D eigenvalue weighted by atomic mass is 10.3. The quantitative estimate of drug-likeness (QED) is 0.649. The molecule has 1 rings (SSSR count). The van der Waals surface area contributed by atoms with E-state index in [4.69, 9.17) is 0 Å². The van der Waals surface area contributed by atoms with Crippen molar-refractivity contribution in [1.82, 2.24) is 9.97 Å². The smallest absolute Gasteiger partial charge is 0.309 e. The molecule has 0 unspecified atom stereocenters. The van der Waals surface area contributed by atoms with Crippen molar-refractivity contribution in [2.45, 2.75) is 6.42 Å². The molecule has 0 aliphatic carbocycles. The molecule has 4 nitrogen and oxygen atoms in total. The van der Waals surface area contributed by atoms with Crippen LogP contribution in [0.2, 0.25) is 0 Å². The highest BCUT2D eigenvalue weighted by Gasteiger charge is 1.93. The number of esters is 1. The summed E-state index contributed by atoms with van der Waals surface area (Å²) in [6.07, 6.45) is 8.55. The van der Waals surface area contributed by atoms with E-state index in [2.05, 4.69) is 14.7 Å². The normalized spacial score (nSPS) is 10.2. The van der Waals surface area contributed by atoms with Gasteiger partial charge in [0.05, 0.1) is 13.5 Å². The first kappa shape index (κ1) is 9.38. The highest BCUT2D eigenvalue weighted by molar-refractivity contribution is 5.72. The van der Waals surface area contributed by atoms with Gasteiger partial charge in [0.1, 0.15) is 6.33 Å². The minimum Gasteiger partial charge on any atom is -0.469 e. The number of hydrogen-bond donors (Lipinski definition) is 0. The Morgan fingerprint density at radius 1 is 1.54 bits per heavy atom. The summed E-state index contributed by atoms with van der Waals surface area (Å²) in [5, 5.41) is 0. The van der Waals surface area contributed by atoms with Gasteiger partial charge in [-0.25, -0.2) is 9.97 Å². The lowest BCUT2D eigenvalue weighted by molar-refractivity contribution is -0.139. The minimum atomic E-state index is -0.256. The zero-order chi connectivity index (χ0) is 9.52. The van der Waals surface area contributed by atoms with Gasteiger partial charge in [-0.2, -0.15) is 0 Å². The number of rotatable bonds is 3. The zero-order valence-corrected chi connectivity index (χ0v) is 7.30. The Labute approximate surface area is 76.3 Å². The van der Waals surface area contributed by atoms with Crippen LogP contribution in [0.25, 0.3) is 6.08 Å². The first-order valence-corrected chi connectivity index (χ1v) is 3.81. The largest absolute Gasteiger partial charge is 0.469 e. The van der Waals surface area contributed by atoms with Gasteiger partial charge in [-0.3, -0.25) is 4.79 Å². The summed E-state index contributed by atoms with van der Waals surface area (Å²) in [5.41, 5.74) is 0.867. The van der Waals surface area contributed by atoms with E-state index in [9.17, 15) is 4.79 Å². The van der Waals surface area contributed by atoms with Gasteiger partial charge in [0.25, 0.3) is 0 Å². The van der Waals surface area contributed by atoms with Crippen LogP contribution in [0.15, 0.2) is 24.8 Å². The average Bonchev–Trinajstić information content (AvgIpc) is 2.19. The van der Waals surface area contributed by atoms with Crippen molar-refractivity contribution in [2.75, 3.05) is 7.11 Å². The van der Waals surface area contributed by atoms with E-state index < -0.39 is 0 Å². The van der Waals surface area contributed by atoms with Crippen LogP contribution in [0.5, 0.6) is 0 Å². The predicted molar refractivity (Wildman–Crippen MR) is 47.7 cm³/mol. The summed E-state index contributed by atoms with van der Waals surface area (Å²) in [6, 6.07) is 0. The first-order chi connectivity index (χ1) is 6.33.